The van der Waals surface area contributed by atoms with Gasteiger partial charge < -0.3 is 40.9 Å². The Morgan fingerprint density at radius 2 is 0.714 bits per heavy atom. The topological polar surface area (TPSA) is 168 Å². The van der Waals surface area contributed by atoms with Crippen molar-refractivity contribution >= 4 is 17.3 Å². The van der Waals surface area contributed by atoms with Crippen LogP contribution < -0.4 is 0 Å². The van der Waals surface area contributed by atoms with Crippen LogP contribution >= 0.6 is 12.2 Å². The lowest BCUT2D eigenvalue weighted by Crippen LogP contribution is -2.59. The summed E-state index contributed by atoms with van der Waals surface area (Å²) in [5, 5.41) is 79.8. The molecule has 0 saturated heterocycles. The van der Waals surface area contributed by atoms with E-state index in [1.807, 2.05) is 0 Å². The summed E-state index contributed by atoms with van der Waals surface area (Å²) in [4.78, 5) is 1.79. The van der Waals surface area contributed by atoms with Crippen LogP contribution in [0.4, 0.5) is 0 Å². The number of thiocarbonyl (C=S) groups is 1. The van der Waals surface area contributed by atoms with E-state index in [-0.39, 0.29) is 30.8 Å². The van der Waals surface area contributed by atoms with Crippen LogP contribution in [-0.4, -0.2) is 105 Å². The number of rotatable bonds is 12. The maximum absolute atomic E-state index is 10.5. The normalized spacial score (nSPS) is 20.4. The van der Waals surface area contributed by atoms with Crippen molar-refractivity contribution in [1.82, 2.24) is 9.80 Å². The summed E-state index contributed by atoms with van der Waals surface area (Å²) in [5.41, 5.74) is 0. The molecule has 0 bridgehead atoms. The van der Waals surface area contributed by atoms with E-state index in [9.17, 15) is 40.9 Å². The molecule has 0 aliphatic heterocycles. The van der Waals surface area contributed by atoms with Gasteiger partial charge in [0.05, 0.1) is 24.4 Å². The van der Waals surface area contributed by atoms with E-state index in [0.29, 0.717) is 0 Å². The zero-order valence-electron chi connectivity index (χ0n) is 16.8. The SMILES string of the molecule is CC(O)CC(O)N(C(=S)N(C(O)CC(C)O)C(O)CC(C)O)C(O)CC(C)O. The maximum Gasteiger partial charge on any atom is 0.179 e. The lowest BCUT2D eigenvalue weighted by Gasteiger charge is -2.43. The highest BCUT2D eigenvalue weighted by atomic mass is 32.1. The zero-order valence-corrected chi connectivity index (χ0v) is 17.6. The third kappa shape index (κ3) is 9.72. The van der Waals surface area contributed by atoms with Crippen molar-refractivity contribution < 1.29 is 40.9 Å². The Labute approximate surface area is 171 Å². The molecule has 0 rings (SSSR count). The van der Waals surface area contributed by atoms with Gasteiger partial charge in [-0.3, -0.25) is 9.80 Å². The predicted octanol–water partition coefficient (Wildman–Crippen LogP) is -1.77. The number of hydrogen-bond acceptors (Lipinski definition) is 9. The van der Waals surface area contributed by atoms with Gasteiger partial charge in [-0.1, -0.05) is 0 Å². The van der Waals surface area contributed by atoms with Gasteiger partial charge in [0.2, 0.25) is 0 Å². The molecule has 0 aromatic carbocycles. The Hall–Kier alpha value is -0.630. The lowest BCUT2D eigenvalue weighted by molar-refractivity contribution is -0.120. The fourth-order valence-electron chi connectivity index (χ4n) is 2.72. The first-order chi connectivity index (χ1) is 12.8. The quantitative estimate of drug-likeness (QED) is 0.131. The Morgan fingerprint density at radius 3 is 0.857 bits per heavy atom. The Bertz CT molecular complexity index is 383. The van der Waals surface area contributed by atoms with Crippen LogP contribution in [0.25, 0.3) is 0 Å². The standard InChI is InChI=1S/C17H36N2O8S/c1-9(20)5-13(24)18(14(25)6-10(2)21)17(28)19(15(26)7-11(3)22)16(27)8-12(4)23/h9-16,20-27H,5-8H2,1-4H3. The smallest absolute Gasteiger partial charge is 0.179 e. The molecule has 10 nitrogen and oxygen atoms in total. The van der Waals surface area contributed by atoms with Crippen molar-refractivity contribution in [3.05, 3.63) is 0 Å². The molecular weight excluding hydrogens is 392 g/mol. The van der Waals surface area contributed by atoms with E-state index in [1.54, 1.807) is 0 Å². The van der Waals surface area contributed by atoms with E-state index in [2.05, 4.69) is 0 Å². The summed E-state index contributed by atoms with van der Waals surface area (Å²) in [5.74, 6) is 0. The molecule has 0 amide bonds. The van der Waals surface area contributed by atoms with Crippen LogP contribution in [-0.2, 0) is 0 Å². The Kier molecular flexibility index (Phi) is 12.5. The van der Waals surface area contributed by atoms with Crippen molar-refractivity contribution in [3.63, 3.8) is 0 Å². The molecule has 0 heterocycles. The molecular formula is C17H36N2O8S. The maximum atomic E-state index is 10.5. The minimum atomic E-state index is -1.48. The van der Waals surface area contributed by atoms with Gasteiger partial charge in [0.15, 0.2) is 5.11 Å². The largest absolute Gasteiger partial charge is 0.393 e. The van der Waals surface area contributed by atoms with Gasteiger partial charge in [0.25, 0.3) is 0 Å². The Morgan fingerprint density at radius 1 is 0.536 bits per heavy atom. The fourth-order valence-corrected chi connectivity index (χ4v) is 3.20. The lowest BCUT2D eigenvalue weighted by atomic mass is 10.1. The number of hydrogen-bond donors (Lipinski definition) is 8. The Balaban J connectivity index is 5.86. The van der Waals surface area contributed by atoms with Gasteiger partial charge in [0, 0.05) is 25.7 Å². The molecule has 0 aromatic rings. The second-order valence-corrected chi connectivity index (χ2v) is 7.72. The molecule has 11 heteroatoms. The summed E-state index contributed by atoms with van der Waals surface area (Å²) >= 11 is 5.30. The van der Waals surface area contributed by atoms with Crippen LogP contribution in [0.1, 0.15) is 53.4 Å². The van der Waals surface area contributed by atoms with Crippen LogP contribution in [0.15, 0.2) is 0 Å². The monoisotopic (exact) mass is 428 g/mol. The molecule has 0 spiro atoms. The molecule has 0 aromatic heterocycles. The van der Waals surface area contributed by atoms with E-state index in [0.717, 1.165) is 9.80 Å². The molecule has 8 N–H and O–H groups in total. The van der Waals surface area contributed by atoms with Gasteiger partial charge >= 0.3 is 0 Å². The second kappa shape index (κ2) is 12.8. The van der Waals surface area contributed by atoms with E-state index in [4.69, 9.17) is 12.2 Å². The van der Waals surface area contributed by atoms with Crippen LogP contribution in [0.5, 0.6) is 0 Å². The summed E-state index contributed by atoms with van der Waals surface area (Å²) in [6.45, 7) is 5.70. The van der Waals surface area contributed by atoms with Crippen molar-refractivity contribution in [1.29, 1.82) is 0 Å². The van der Waals surface area contributed by atoms with Crippen LogP contribution in [0.2, 0.25) is 0 Å². The highest BCUT2D eigenvalue weighted by molar-refractivity contribution is 7.80. The van der Waals surface area contributed by atoms with Crippen LogP contribution in [0.3, 0.4) is 0 Å². The molecule has 8 atom stereocenters. The fraction of sp³-hybridized carbons (Fsp3) is 0.941. The molecule has 28 heavy (non-hydrogen) atoms. The molecule has 168 valence electrons. The molecule has 0 radical (unpaired) electrons. The molecule has 0 aliphatic carbocycles. The minimum Gasteiger partial charge on any atom is -0.393 e. The van der Waals surface area contributed by atoms with E-state index in [1.165, 1.54) is 27.7 Å². The number of nitrogens with zero attached hydrogens (tertiary/aromatic N) is 2. The predicted molar refractivity (Wildman–Crippen MR) is 105 cm³/mol. The summed E-state index contributed by atoms with van der Waals surface area (Å²) in [7, 11) is 0. The summed E-state index contributed by atoms with van der Waals surface area (Å²) in [6.07, 6.45) is -10.5. The van der Waals surface area contributed by atoms with Crippen molar-refractivity contribution in [2.45, 2.75) is 103 Å². The molecule has 0 saturated carbocycles. The molecule has 8 unspecified atom stereocenters. The van der Waals surface area contributed by atoms with Gasteiger partial charge in [0.1, 0.15) is 24.9 Å². The summed E-state index contributed by atoms with van der Waals surface area (Å²) < 4.78 is 0. The zero-order chi connectivity index (χ0) is 22.2. The average molecular weight is 429 g/mol. The highest BCUT2D eigenvalue weighted by Crippen LogP contribution is 2.21. The second-order valence-electron chi connectivity index (χ2n) is 7.36. The average Bonchev–Trinajstić information content (AvgIpc) is 2.43. The number of aliphatic hydroxyl groups excluding tert-OH is 8. The van der Waals surface area contributed by atoms with Gasteiger partial charge in [-0.15, -0.1) is 0 Å². The first kappa shape index (κ1) is 27.4. The molecule has 0 fully saturated rings. The van der Waals surface area contributed by atoms with Crippen molar-refractivity contribution in [3.8, 4) is 0 Å². The third-order valence-electron chi connectivity index (χ3n) is 3.93. The van der Waals surface area contributed by atoms with E-state index >= 15 is 0 Å². The first-order valence-corrected chi connectivity index (χ1v) is 9.73. The third-order valence-corrected chi connectivity index (χ3v) is 4.36. The summed E-state index contributed by atoms with van der Waals surface area (Å²) in [6, 6.07) is 0. The van der Waals surface area contributed by atoms with Crippen molar-refractivity contribution in [2.75, 3.05) is 0 Å². The number of aliphatic hydroxyl groups is 8. The van der Waals surface area contributed by atoms with Gasteiger partial charge in [-0.2, -0.15) is 0 Å². The van der Waals surface area contributed by atoms with Gasteiger partial charge in [-0.25, -0.2) is 0 Å². The molecule has 0 aliphatic rings. The van der Waals surface area contributed by atoms with E-state index < -0.39 is 49.3 Å². The van der Waals surface area contributed by atoms with Gasteiger partial charge in [-0.05, 0) is 39.9 Å². The van der Waals surface area contributed by atoms with Crippen LogP contribution in [0, 0.1) is 0 Å². The minimum absolute atomic E-state index is 0.205. The highest BCUT2D eigenvalue weighted by Gasteiger charge is 2.36. The van der Waals surface area contributed by atoms with Crippen molar-refractivity contribution in [2.24, 2.45) is 0 Å². The first-order valence-electron chi connectivity index (χ1n) is 9.33.